The number of benzene rings is 2. The molecule has 0 radical (unpaired) electrons. The Labute approximate surface area is 140 Å². The number of carbonyl (C=O) groups excluding carboxylic acids is 1. The first kappa shape index (κ1) is 16.1. The number of hydrogen-bond acceptors (Lipinski definition) is 8. The van der Waals surface area contributed by atoms with Crippen molar-refractivity contribution < 1.29 is 40.2 Å². The van der Waals surface area contributed by atoms with Gasteiger partial charge in [0.2, 0.25) is 11.5 Å². The molecule has 0 aliphatic carbocycles. The van der Waals surface area contributed by atoms with Crippen molar-refractivity contribution in [2.75, 3.05) is 0 Å². The molecule has 2 aromatic rings. The van der Waals surface area contributed by atoms with Crippen LogP contribution in [0.1, 0.15) is 11.1 Å². The average molecular weight is 344 g/mol. The third-order valence-corrected chi connectivity index (χ3v) is 3.63. The summed E-state index contributed by atoms with van der Waals surface area (Å²) < 4.78 is 5.00. The molecule has 128 valence electrons. The minimum atomic E-state index is -0.814. The predicted octanol–water partition coefficient (Wildman–Crippen LogP) is 1.79. The lowest BCUT2D eigenvalue weighted by atomic mass is 9.94. The van der Waals surface area contributed by atoms with Crippen molar-refractivity contribution in [1.82, 2.24) is 0 Å². The van der Waals surface area contributed by atoms with Crippen LogP contribution in [0.4, 0.5) is 0 Å². The number of phenols is 6. The molecule has 0 amide bonds. The van der Waals surface area contributed by atoms with Crippen molar-refractivity contribution >= 4 is 11.5 Å². The Morgan fingerprint density at radius 2 is 1.16 bits per heavy atom. The van der Waals surface area contributed by atoms with E-state index in [-0.39, 0.29) is 22.5 Å². The molecule has 0 fully saturated rings. The van der Waals surface area contributed by atoms with Gasteiger partial charge in [-0.15, -0.1) is 0 Å². The molecule has 1 heterocycles. The van der Waals surface area contributed by atoms with Gasteiger partial charge in [-0.2, -0.15) is 0 Å². The van der Waals surface area contributed by atoms with Crippen LogP contribution in [-0.2, 0) is 9.53 Å². The minimum Gasteiger partial charge on any atom is -0.504 e. The SMILES string of the molecule is O=C1C=CC(=C(c2ccc(O)c(O)c2O)c2ccc(O)c(O)c2O)O1. The number of phenolic OH excluding ortho intramolecular Hbond substituents is 6. The van der Waals surface area contributed by atoms with Gasteiger partial charge in [0, 0.05) is 22.8 Å². The Hall–Kier alpha value is -3.81. The number of ether oxygens (including phenoxy) is 1. The average Bonchev–Trinajstić information content (AvgIpc) is 3.01. The van der Waals surface area contributed by atoms with Gasteiger partial charge in [0.25, 0.3) is 0 Å². The summed E-state index contributed by atoms with van der Waals surface area (Å²) in [4.78, 5) is 11.4. The molecule has 8 heteroatoms. The molecule has 0 spiro atoms. The lowest BCUT2D eigenvalue weighted by Crippen LogP contribution is -1.98. The largest absolute Gasteiger partial charge is 0.504 e. The number of rotatable bonds is 2. The maximum absolute atomic E-state index is 11.4. The highest BCUT2D eigenvalue weighted by Crippen LogP contribution is 2.48. The van der Waals surface area contributed by atoms with Gasteiger partial charge >= 0.3 is 5.97 Å². The van der Waals surface area contributed by atoms with Crippen LogP contribution < -0.4 is 0 Å². The van der Waals surface area contributed by atoms with E-state index >= 15 is 0 Å². The van der Waals surface area contributed by atoms with E-state index in [9.17, 15) is 35.4 Å². The number of carbonyl (C=O) groups is 1. The summed E-state index contributed by atoms with van der Waals surface area (Å²) in [5.41, 5.74) is -0.238. The molecule has 2 aromatic carbocycles. The van der Waals surface area contributed by atoms with E-state index in [1.807, 2.05) is 0 Å². The molecule has 0 saturated heterocycles. The number of cyclic esters (lactones) is 1. The summed E-state index contributed by atoms with van der Waals surface area (Å²) in [7, 11) is 0. The van der Waals surface area contributed by atoms with Crippen LogP contribution >= 0.6 is 0 Å². The summed E-state index contributed by atoms with van der Waals surface area (Å²) in [6, 6.07) is 4.61. The molecule has 0 bridgehead atoms. The monoisotopic (exact) mass is 344 g/mol. The van der Waals surface area contributed by atoms with Gasteiger partial charge in [0.1, 0.15) is 5.76 Å². The molecule has 0 aromatic heterocycles. The summed E-state index contributed by atoms with van der Waals surface area (Å²) in [6.07, 6.45) is 2.37. The first-order valence-corrected chi connectivity index (χ1v) is 6.94. The molecule has 0 saturated carbocycles. The van der Waals surface area contributed by atoms with Gasteiger partial charge in [-0.25, -0.2) is 4.79 Å². The number of esters is 1. The third kappa shape index (κ3) is 2.55. The van der Waals surface area contributed by atoms with Crippen LogP contribution in [0.25, 0.3) is 5.57 Å². The molecule has 1 aliphatic heterocycles. The Kier molecular flexibility index (Phi) is 3.65. The van der Waals surface area contributed by atoms with Crippen LogP contribution in [0.3, 0.4) is 0 Å². The molecule has 0 unspecified atom stereocenters. The fourth-order valence-electron chi connectivity index (χ4n) is 2.41. The lowest BCUT2D eigenvalue weighted by Gasteiger charge is -2.16. The minimum absolute atomic E-state index is 0.0531. The van der Waals surface area contributed by atoms with Crippen molar-refractivity contribution in [2.24, 2.45) is 0 Å². The first-order valence-electron chi connectivity index (χ1n) is 6.94. The van der Waals surface area contributed by atoms with Crippen molar-refractivity contribution in [3.8, 4) is 34.5 Å². The summed E-state index contributed by atoms with van der Waals surface area (Å²) in [5, 5.41) is 58.7. The van der Waals surface area contributed by atoms with Crippen LogP contribution in [0.5, 0.6) is 34.5 Å². The third-order valence-electron chi connectivity index (χ3n) is 3.63. The van der Waals surface area contributed by atoms with Crippen LogP contribution in [0.15, 0.2) is 42.2 Å². The second-order valence-corrected chi connectivity index (χ2v) is 5.15. The zero-order valence-corrected chi connectivity index (χ0v) is 12.5. The van der Waals surface area contributed by atoms with Crippen LogP contribution in [0.2, 0.25) is 0 Å². The molecule has 25 heavy (non-hydrogen) atoms. The Morgan fingerprint density at radius 1 is 0.680 bits per heavy atom. The van der Waals surface area contributed by atoms with Gasteiger partial charge in [-0.1, -0.05) is 0 Å². The zero-order valence-electron chi connectivity index (χ0n) is 12.5. The first-order chi connectivity index (χ1) is 11.8. The van der Waals surface area contributed by atoms with Gasteiger partial charge in [0.05, 0.1) is 0 Å². The van der Waals surface area contributed by atoms with E-state index in [4.69, 9.17) is 4.74 Å². The molecular weight excluding hydrogens is 332 g/mol. The maximum Gasteiger partial charge on any atom is 0.336 e. The highest BCUT2D eigenvalue weighted by Gasteiger charge is 2.26. The smallest absolute Gasteiger partial charge is 0.336 e. The fraction of sp³-hybridized carbons (Fsp3) is 0. The number of aromatic hydroxyl groups is 6. The molecular formula is C17H12O8. The van der Waals surface area contributed by atoms with E-state index in [1.165, 1.54) is 18.2 Å². The lowest BCUT2D eigenvalue weighted by molar-refractivity contribution is -0.132. The summed E-state index contributed by atoms with van der Waals surface area (Å²) in [6.45, 7) is 0. The van der Waals surface area contributed by atoms with Gasteiger partial charge in [-0.05, 0) is 30.3 Å². The highest BCUT2D eigenvalue weighted by molar-refractivity contribution is 5.95. The van der Waals surface area contributed by atoms with Gasteiger partial charge < -0.3 is 35.4 Å². The molecule has 6 N–H and O–H groups in total. The second kappa shape index (κ2) is 5.68. The van der Waals surface area contributed by atoms with Crippen LogP contribution in [0, 0.1) is 0 Å². The number of hydrogen-bond donors (Lipinski definition) is 6. The van der Waals surface area contributed by atoms with E-state index < -0.39 is 40.5 Å². The molecule has 3 rings (SSSR count). The molecule has 8 nitrogen and oxygen atoms in total. The van der Waals surface area contributed by atoms with Crippen molar-refractivity contribution in [3.63, 3.8) is 0 Å². The van der Waals surface area contributed by atoms with Crippen molar-refractivity contribution in [1.29, 1.82) is 0 Å². The van der Waals surface area contributed by atoms with Gasteiger partial charge in [-0.3, -0.25) is 0 Å². The standard InChI is InChI=1S/C17H12O8/c18-9-3-1-7(14(21)16(9)23)13(11-5-6-12(20)25-11)8-2-4-10(19)17(24)15(8)22/h1-6,18-19,21-24H. The predicted molar refractivity (Wildman–Crippen MR) is 84.1 cm³/mol. The van der Waals surface area contributed by atoms with Crippen molar-refractivity contribution in [2.45, 2.75) is 0 Å². The topological polar surface area (TPSA) is 148 Å². The highest BCUT2D eigenvalue weighted by atomic mass is 16.5. The Balaban J connectivity index is 2.35. The summed E-state index contributed by atoms with van der Waals surface area (Å²) in [5.74, 6) is -5.03. The van der Waals surface area contributed by atoms with E-state index in [0.29, 0.717) is 0 Å². The Bertz CT molecular complexity index is 896. The molecule has 1 aliphatic rings. The van der Waals surface area contributed by atoms with Crippen LogP contribution in [-0.4, -0.2) is 36.6 Å². The second-order valence-electron chi connectivity index (χ2n) is 5.15. The van der Waals surface area contributed by atoms with E-state index in [1.54, 1.807) is 0 Å². The summed E-state index contributed by atoms with van der Waals surface area (Å²) >= 11 is 0. The van der Waals surface area contributed by atoms with Gasteiger partial charge in [0.15, 0.2) is 23.0 Å². The zero-order chi connectivity index (χ0) is 18.3. The van der Waals surface area contributed by atoms with E-state index in [0.717, 1.165) is 18.2 Å². The maximum atomic E-state index is 11.4. The Morgan fingerprint density at radius 3 is 1.56 bits per heavy atom. The van der Waals surface area contributed by atoms with Crippen molar-refractivity contribution in [3.05, 3.63) is 53.3 Å². The fourth-order valence-corrected chi connectivity index (χ4v) is 2.41. The molecule has 0 atom stereocenters. The van der Waals surface area contributed by atoms with E-state index in [2.05, 4.69) is 0 Å². The normalized spacial score (nSPS) is 13.1. The number of allylic oxidation sites excluding steroid dienone is 1. The quantitative estimate of drug-likeness (QED) is 0.357.